The van der Waals surface area contributed by atoms with E-state index < -0.39 is 0 Å². The molecule has 4 nitrogen and oxygen atoms in total. The van der Waals surface area contributed by atoms with Crippen molar-refractivity contribution in [2.45, 2.75) is 0 Å². The zero-order valence-corrected chi connectivity index (χ0v) is 16.8. The van der Waals surface area contributed by atoms with E-state index in [2.05, 4.69) is 44.7 Å². The largest absolute Gasteiger partial charge is 0.497 e. The van der Waals surface area contributed by atoms with Crippen LogP contribution in [0.2, 0.25) is 0 Å². The van der Waals surface area contributed by atoms with Gasteiger partial charge in [-0.25, -0.2) is 4.98 Å². The molecule has 0 saturated heterocycles. The van der Waals surface area contributed by atoms with Gasteiger partial charge in [0.2, 0.25) is 0 Å². The fourth-order valence-electron chi connectivity index (χ4n) is 2.97. The molecule has 0 aliphatic carbocycles. The average Bonchev–Trinajstić information content (AvgIpc) is 2.74. The van der Waals surface area contributed by atoms with Gasteiger partial charge in [0.1, 0.15) is 11.6 Å². The van der Waals surface area contributed by atoms with E-state index in [1.54, 1.807) is 13.3 Å². The molecule has 0 radical (unpaired) electrons. The highest BCUT2D eigenvalue weighted by Gasteiger charge is 2.08. The molecule has 1 heterocycles. The maximum atomic E-state index is 5.17. The molecule has 0 unspecified atom stereocenters. The molecule has 0 atom stereocenters. The Bertz CT molecular complexity index is 1130. The Kier molecular flexibility index (Phi) is 5.35. The molecule has 4 rings (SSSR count). The van der Waals surface area contributed by atoms with Gasteiger partial charge < -0.3 is 4.74 Å². The van der Waals surface area contributed by atoms with E-state index in [1.165, 1.54) is 0 Å². The Morgan fingerprint density at radius 1 is 0.964 bits per heavy atom. The van der Waals surface area contributed by atoms with Crippen molar-refractivity contribution in [3.8, 4) is 16.9 Å². The van der Waals surface area contributed by atoms with E-state index in [-0.39, 0.29) is 0 Å². The van der Waals surface area contributed by atoms with Crippen LogP contribution in [0.5, 0.6) is 5.75 Å². The molecule has 28 heavy (non-hydrogen) atoms. The average molecular weight is 432 g/mol. The van der Waals surface area contributed by atoms with Crippen molar-refractivity contribution in [3.05, 3.63) is 88.9 Å². The molecule has 0 aliphatic heterocycles. The van der Waals surface area contributed by atoms with Crippen molar-refractivity contribution in [3.63, 3.8) is 0 Å². The zero-order valence-electron chi connectivity index (χ0n) is 15.3. The number of pyridine rings is 1. The van der Waals surface area contributed by atoms with Crippen LogP contribution in [-0.4, -0.2) is 18.3 Å². The summed E-state index contributed by atoms with van der Waals surface area (Å²) >= 11 is 3.56. The highest BCUT2D eigenvalue weighted by atomic mass is 79.9. The van der Waals surface area contributed by atoms with Crippen LogP contribution in [0, 0.1) is 0 Å². The van der Waals surface area contributed by atoms with Gasteiger partial charge in [-0.1, -0.05) is 46.3 Å². The van der Waals surface area contributed by atoms with Gasteiger partial charge in [0.05, 0.1) is 18.8 Å². The number of rotatable bonds is 5. The van der Waals surface area contributed by atoms with E-state index in [0.29, 0.717) is 5.82 Å². The van der Waals surface area contributed by atoms with Crippen LogP contribution in [0.3, 0.4) is 0 Å². The molecule has 0 aliphatic rings. The zero-order chi connectivity index (χ0) is 19.3. The summed E-state index contributed by atoms with van der Waals surface area (Å²) in [5, 5.41) is 5.43. The van der Waals surface area contributed by atoms with Crippen molar-refractivity contribution in [1.82, 2.24) is 4.98 Å². The minimum absolute atomic E-state index is 0.693. The first-order valence-electron chi connectivity index (χ1n) is 8.82. The minimum atomic E-state index is 0.693. The number of benzene rings is 3. The van der Waals surface area contributed by atoms with Gasteiger partial charge in [-0.2, -0.15) is 5.10 Å². The van der Waals surface area contributed by atoms with E-state index in [4.69, 9.17) is 9.72 Å². The highest BCUT2D eigenvalue weighted by molar-refractivity contribution is 9.10. The third-order valence-corrected chi connectivity index (χ3v) is 4.86. The first kappa shape index (κ1) is 18.2. The molecule has 5 heteroatoms. The van der Waals surface area contributed by atoms with E-state index >= 15 is 0 Å². The number of halogens is 1. The van der Waals surface area contributed by atoms with Crippen LogP contribution in [-0.2, 0) is 0 Å². The third kappa shape index (κ3) is 4.05. The van der Waals surface area contributed by atoms with Crippen LogP contribution >= 0.6 is 15.9 Å². The summed E-state index contributed by atoms with van der Waals surface area (Å²) in [6.07, 6.45) is 1.76. The fraction of sp³-hybridized carbons (Fsp3) is 0.0435. The lowest BCUT2D eigenvalue weighted by Gasteiger charge is -2.10. The van der Waals surface area contributed by atoms with Crippen molar-refractivity contribution < 1.29 is 4.74 Å². The molecule has 1 N–H and O–H groups in total. The number of aromatic nitrogens is 1. The summed E-state index contributed by atoms with van der Waals surface area (Å²) in [6, 6.07) is 26.1. The van der Waals surface area contributed by atoms with Crippen molar-refractivity contribution in [2.75, 3.05) is 12.5 Å². The maximum Gasteiger partial charge on any atom is 0.147 e. The number of hydrazone groups is 1. The second kappa shape index (κ2) is 8.23. The standard InChI is InChI=1S/C23H18BrN3O/c1-28-19-10-7-16(8-11-19)15-25-27-23-14-20(17-5-3-2-4-6-17)21-13-18(24)9-12-22(21)26-23/h2-15H,1H3,(H,26,27)/b25-15+. The lowest BCUT2D eigenvalue weighted by atomic mass is 10.0. The first-order valence-corrected chi connectivity index (χ1v) is 9.61. The Labute approximate surface area is 172 Å². The van der Waals surface area contributed by atoms with Gasteiger partial charge in [-0.15, -0.1) is 0 Å². The molecule has 0 saturated carbocycles. The molecule has 4 aromatic rings. The van der Waals surface area contributed by atoms with Crippen LogP contribution in [0.4, 0.5) is 5.82 Å². The van der Waals surface area contributed by atoms with E-state index in [9.17, 15) is 0 Å². The van der Waals surface area contributed by atoms with Crippen molar-refractivity contribution in [2.24, 2.45) is 5.10 Å². The van der Waals surface area contributed by atoms with Crippen LogP contribution < -0.4 is 10.2 Å². The predicted octanol–water partition coefficient (Wildman–Crippen LogP) is 6.12. The van der Waals surface area contributed by atoms with Gasteiger partial charge in [0, 0.05) is 9.86 Å². The Balaban J connectivity index is 1.67. The molecule has 1 aromatic heterocycles. The SMILES string of the molecule is COc1ccc(/C=N/Nc2cc(-c3ccccc3)c3cc(Br)ccc3n2)cc1. The second-order valence-electron chi connectivity index (χ2n) is 6.23. The minimum Gasteiger partial charge on any atom is -0.497 e. The van der Waals surface area contributed by atoms with Crippen molar-refractivity contribution in [1.29, 1.82) is 0 Å². The molecule has 0 bridgehead atoms. The lowest BCUT2D eigenvalue weighted by Crippen LogP contribution is -1.96. The third-order valence-electron chi connectivity index (χ3n) is 4.36. The van der Waals surface area contributed by atoms with E-state index in [1.807, 2.05) is 60.7 Å². The second-order valence-corrected chi connectivity index (χ2v) is 7.14. The van der Waals surface area contributed by atoms with Gasteiger partial charge in [0.15, 0.2) is 0 Å². The summed E-state index contributed by atoms with van der Waals surface area (Å²) < 4.78 is 6.20. The summed E-state index contributed by atoms with van der Waals surface area (Å²) in [7, 11) is 1.65. The molecular weight excluding hydrogens is 414 g/mol. The van der Waals surface area contributed by atoms with Gasteiger partial charge in [0.25, 0.3) is 0 Å². The number of hydrogen-bond donors (Lipinski definition) is 1. The summed E-state index contributed by atoms with van der Waals surface area (Å²) in [5.41, 5.74) is 7.18. The molecule has 0 spiro atoms. The fourth-order valence-corrected chi connectivity index (χ4v) is 3.34. The van der Waals surface area contributed by atoms with Crippen molar-refractivity contribution >= 4 is 38.9 Å². The molecule has 0 fully saturated rings. The number of anilines is 1. The molecule has 3 aromatic carbocycles. The maximum absolute atomic E-state index is 5.17. The Morgan fingerprint density at radius 2 is 1.75 bits per heavy atom. The van der Waals surface area contributed by atoms with E-state index in [0.717, 1.165) is 37.8 Å². The smallest absolute Gasteiger partial charge is 0.147 e. The van der Waals surface area contributed by atoms with Gasteiger partial charge in [-0.3, -0.25) is 5.43 Å². The summed E-state index contributed by atoms with van der Waals surface area (Å²) in [5.74, 6) is 1.51. The highest BCUT2D eigenvalue weighted by Crippen LogP contribution is 2.32. The molecular formula is C23H18BrN3O. The number of fused-ring (bicyclic) bond motifs is 1. The van der Waals surface area contributed by atoms with Crippen LogP contribution in [0.15, 0.2) is 88.4 Å². The lowest BCUT2D eigenvalue weighted by molar-refractivity contribution is 0.415. The summed E-state index contributed by atoms with van der Waals surface area (Å²) in [6.45, 7) is 0. The predicted molar refractivity (Wildman–Crippen MR) is 119 cm³/mol. The number of nitrogens with one attached hydrogen (secondary N) is 1. The number of nitrogens with zero attached hydrogens (tertiary/aromatic N) is 2. The summed E-state index contributed by atoms with van der Waals surface area (Å²) in [4.78, 5) is 4.70. The van der Waals surface area contributed by atoms with Crippen LogP contribution in [0.1, 0.15) is 5.56 Å². The Morgan fingerprint density at radius 3 is 2.50 bits per heavy atom. The Hall–Kier alpha value is -3.18. The normalized spacial score (nSPS) is 11.1. The quantitative estimate of drug-likeness (QED) is 0.305. The monoisotopic (exact) mass is 431 g/mol. The number of hydrogen-bond acceptors (Lipinski definition) is 4. The van der Waals surface area contributed by atoms with Gasteiger partial charge >= 0.3 is 0 Å². The van der Waals surface area contributed by atoms with Crippen LogP contribution in [0.25, 0.3) is 22.0 Å². The molecule has 0 amide bonds. The number of methoxy groups -OCH3 is 1. The topological polar surface area (TPSA) is 46.5 Å². The number of ether oxygens (including phenoxy) is 1. The first-order chi connectivity index (χ1) is 13.7. The molecule has 138 valence electrons. The van der Waals surface area contributed by atoms with Gasteiger partial charge in [-0.05, 0) is 65.2 Å².